The van der Waals surface area contributed by atoms with Crippen molar-refractivity contribution in [2.24, 2.45) is 5.73 Å². The van der Waals surface area contributed by atoms with Crippen LogP contribution in [-0.2, 0) is 0 Å². The van der Waals surface area contributed by atoms with Gasteiger partial charge in [0.25, 0.3) is 0 Å². The van der Waals surface area contributed by atoms with E-state index in [-0.39, 0.29) is 11.6 Å². The molecule has 2 atom stereocenters. The standard InChI is InChI=1S/C14H23ClN2S/c1-4-10(16)13(11-6-7-12(15)18-11)17-9-5-8-14(17,2)3/h6-7,10,13H,4-5,8-9,16H2,1-3H3. The van der Waals surface area contributed by atoms with Crippen molar-refractivity contribution in [2.45, 2.75) is 57.7 Å². The maximum absolute atomic E-state index is 6.38. The van der Waals surface area contributed by atoms with E-state index in [9.17, 15) is 0 Å². The van der Waals surface area contributed by atoms with Gasteiger partial charge in [0.05, 0.1) is 10.4 Å². The van der Waals surface area contributed by atoms with Crippen LogP contribution in [0.25, 0.3) is 0 Å². The fourth-order valence-electron chi connectivity index (χ4n) is 2.95. The number of thiophene rings is 1. The summed E-state index contributed by atoms with van der Waals surface area (Å²) in [6, 6.07) is 4.61. The van der Waals surface area contributed by atoms with Crippen LogP contribution in [0.5, 0.6) is 0 Å². The number of hydrogen-bond donors (Lipinski definition) is 1. The highest BCUT2D eigenvalue weighted by Crippen LogP contribution is 2.41. The Balaban J connectivity index is 2.31. The fraction of sp³-hybridized carbons (Fsp3) is 0.714. The second-order valence-corrected chi connectivity index (χ2v) is 7.51. The van der Waals surface area contributed by atoms with E-state index in [0.29, 0.717) is 6.04 Å². The highest BCUT2D eigenvalue weighted by molar-refractivity contribution is 7.16. The number of halogens is 1. The molecule has 2 rings (SSSR count). The van der Waals surface area contributed by atoms with Gasteiger partial charge in [-0.1, -0.05) is 18.5 Å². The van der Waals surface area contributed by atoms with Gasteiger partial charge < -0.3 is 5.73 Å². The molecule has 0 saturated carbocycles. The van der Waals surface area contributed by atoms with Crippen LogP contribution in [0.1, 0.15) is 51.0 Å². The molecular weight excluding hydrogens is 264 g/mol. The molecule has 0 radical (unpaired) electrons. The van der Waals surface area contributed by atoms with Crippen LogP contribution in [0.3, 0.4) is 0 Å². The summed E-state index contributed by atoms with van der Waals surface area (Å²) in [5, 5.41) is 0. The predicted octanol–water partition coefficient (Wildman–Crippen LogP) is 4.05. The Hall–Kier alpha value is -0.0900. The number of likely N-dealkylation sites (tertiary alicyclic amines) is 1. The zero-order valence-electron chi connectivity index (χ0n) is 11.4. The lowest BCUT2D eigenvalue weighted by Gasteiger charge is -2.40. The number of nitrogens with zero attached hydrogens (tertiary/aromatic N) is 1. The number of hydrogen-bond acceptors (Lipinski definition) is 3. The van der Waals surface area contributed by atoms with E-state index >= 15 is 0 Å². The third kappa shape index (κ3) is 2.74. The highest BCUT2D eigenvalue weighted by Gasteiger charge is 2.39. The Bertz CT molecular complexity index is 402. The maximum Gasteiger partial charge on any atom is 0.0931 e. The Labute approximate surface area is 119 Å². The van der Waals surface area contributed by atoms with Gasteiger partial charge in [-0.05, 0) is 51.8 Å². The molecule has 1 saturated heterocycles. The smallest absolute Gasteiger partial charge is 0.0931 e. The third-order valence-electron chi connectivity index (χ3n) is 4.06. The molecule has 0 bridgehead atoms. The van der Waals surface area contributed by atoms with Gasteiger partial charge in [-0.15, -0.1) is 11.3 Å². The molecule has 0 aromatic carbocycles. The maximum atomic E-state index is 6.38. The largest absolute Gasteiger partial charge is 0.326 e. The summed E-state index contributed by atoms with van der Waals surface area (Å²) >= 11 is 7.76. The normalized spacial score (nSPS) is 23.2. The molecule has 1 aromatic heterocycles. The molecule has 4 heteroatoms. The van der Waals surface area contributed by atoms with Gasteiger partial charge in [0, 0.05) is 16.5 Å². The third-order valence-corrected chi connectivity index (χ3v) is 5.37. The molecule has 0 spiro atoms. The van der Waals surface area contributed by atoms with E-state index in [1.807, 2.05) is 6.07 Å². The van der Waals surface area contributed by atoms with Crippen LogP contribution in [0.15, 0.2) is 12.1 Å². The van der Waals surface area contributed by atoms with Crippen LogP contribution < -0.4 is 5.73 Å². The molecule has 102 valence electrons. The van der Waals surface area contributed by atoms with Crippen LogP contribution in [-0.4, -0.2) is 23.0 Å². The summed E-state index contributed by atoms with van der Waals surface area (Å²) < 4.78 is 0.857. The van der Waals surface area contributed by atoms with Crippen molar-refractivity contribution in [3.05, 3.63) is 21.3 Å². The predicted molar refractivity (Wildman–Crippen MR) is 80.4 cm³/mol. The van der Waals surface area contributed by atoms with Crippen molar-refractivity contribution in [3.63, 3.8) is 0 Å². The molecular formula is C14H23ClN2S. The van der Waals surface area contributed by atoms with E-state index in [0.717, 1.165) is 17.3 Å². The lowest BCUT2D eigenvalue weighted by molar-refractivity contribution is 0.0986. The number of rotatable bonds is 4. The topological polar surface area (TPSA) is 29.3 Å². The molecule has 2 heterocycles. The lowest BCUT2D eigenvalue weighted by Crippen LogP contribution is -2.47. The summed E-state index contributed by atoms with van der Waals surface area (Å²) in [7, 11) is 0. The molecule has 1 fully saturated rings. The summed E-state index contributed by atoms with van der Waals surface area (Å²) in [4.78, 5) is 3.88. The van der Waals surface area contributed by atoms with Gasteiger partial charge in [-0.25, -0.2) is 0 Å². The van der Waals surface area contributed by atoms with Crippen LogP contribution in [0.4, 0.5) is 0 Å². The van der Waals surface area contributed by atoms with Crippen molar-refractivity contribution in [3.8, 4) is 0 Å². The molecule has 0 aliphatic carbocycles. The molecule has 0 amide bonds. The summed E-state index contributed by atoms with van der Waals surface area (Å²) in [6.07, 6.45) is 3.50. The molecule has 1 aliphatic rings. The molecule has 2 unspecified atom stereocenters. The van der Waals surface area contributed by atoms with Crippen molar-refractivity contribution in [2.75, 3.05) is 6.54 Å². The summed E-state index contributed by atoms with van der Waals surface area (Å²) in [6.45, 7) is 7.95. The van der Waals surface area contributed by atoms with Crippen molar-refractivity contribution in [1.29, 1.82) is 0 Å². The molecule has 1 aromatic rings. The quantitative estimate of drug-likeness (QED) is 0.905. The first-order chi connectivity index (χ1) is 8.45. The van der Waals surface area contributed by atoms with Gasteiger partial charge in [0.2, 0.25) is 0 Å². The summed E-state index contributed by atoms with van der Waals surface area (Å²) in [5.74, 6) is 0. The SMILES string of the molecule is CCC(N)C(c1ccc(Cl)s1)N1CCCC1(C)C. The first kappa shape index (κ1) is 14.3. The molecule has 1 aliphatic heterocycles. The molecule has 2 nitrogen and oxygen atoms in total. The van der Waals surface area contributed by atoms with Gasteiger partial charge >= 0.3 is 0 Å². The first-order valence-corrected chi connectivity index (χ1v) is 7.92. The Morgan fingerprint density at radius 1 is 1.50 bits per heavy atom. The van der Waals surface area contributed by atoms with Crippen LogP contribution in [0.2, 0.25) is 4.34 Å². The van der Waals surface area contributed by atoms with Crippen LogP contribution in [0, 0.1) is 0 Å². The van der Waals surface area contributed by atoms with Crippen molar-refractivity contribution >= 4 is 22.9 Å². The minimum absolute atomic E-state index is 0.178. The average Bonchev–Trinajstić information content (AvgIpc) is 2.87. The minimum Gasteiger partial charge on any atom is -0.326 e. The number of nitrogens with two attached hydrogens (primary N) is 1. The highest BCUT2D eigenvalue weighted by atomic mass is 35.5. The lowest BCUT2D eigenvalue weighted by atomic mass is 9.96. The monoisotopic (exact) mass is 286 g/mol. The molecule has 18 heavy (non-hydrogen) atoms. The van der Waals surface area contributed by atoms with E-state index in [1.165, 1.54) is 17.7 Å². The zero-order valence-corrected chi connectivity index (χ0v) is 13.0. The van der Waals surface area contributed by atoms with Gasteiger partial charge in [-0.2, -0.15) is 0 Å². The van der Waals surface area contributed by atoms with Gasteiger partial charge in [0.15, 0.2) is 0 Å². The fourth-order valence-corrected chi connectivity index (χ4v) is 4.20. The first-order valence-electron chi connectivity index (χ1n) is 6.73. The Morgan fingerprint density at radius 2 is 2.22 bits per heavy atom. The van der Waals surface area contributed by atoms with Crippen molar-refractivity contribution in [1.82, 2.24) is 4.90 Å². The average molecular weight is 287 g/mol. The second kappa shape index (κ2) is 5.49. The van der Waals surface area contributed by atoms with E-state index in [1.54, 1.807) is 11.3 Å². The molecule has 2 N–H and O–H groups in total. The van der Waals surface area contributed by atoms with Crippen LogP contribution >= 0.6 is 22.9 Å². The minimum atomic E-state index is 0.178. The van der Waals surface area contributed by atoms with Crippen molar-refractivity contribution < 1.29 is 0 Å². The Kier molecular flexibility index (Phi) is 4.37. The summed E-state index contributed by atoms with van der Waals surface area (Å²) in [5.41, 5.74) is 6.63. The van der Waals surface area contributed by atoms with E-state index in [4.69, 9.17) is 17.3 Å². The van der Waals surface area contributed by atoms with E-state index in [2.05, 4.69) is 31.7 Å². The Morgan fingerprint density at radius 3 is 2.67 bits per heavy atom. The van der Waals surface area contributed by atoms with E-state index < -0.39 is 0 Å². The second-order valence-electron chi connectivity index (χ2n) is 5.77. The zero-order chi connectivity index (χ0) is 13.3. The van der Waals surface area contributed by atoms with Gasteiger partial charge in [-0.3, -0.25) is 4.90 Å². The van der Waals surface area contributed by atoms with Gasteiger partial charge in [0.1, 0.15) is 0 Å².